The highest BCUT2D eigenvalue weighted by Crippen LogP contribution is 2.22. The lowest BCUT2D eigenvalue weighted by Crippen LogP contribution is -2.59. The number of hydrogen-bond acceptors (Lipinski definition) is 6. The maximum atomic E-state index is 10.6. The van der Waals surface area contributed by atoms with Gasteiger partial charge in [0, 0.05) is 14.2 Å². The molecule has 0 radical (unpaired) electrons. The first kappa shape index (κ1) is 11.5. The van der Waals surface area contributed by atoms with E-state index < -0.39 is 30.7 Å². The Bertz CT molecular complexity index is 196. The van der Waals surface area contributed by atoms with Gasteiger partial charge in [-0.3, -0.25) is 0 Å². The molecule has 5 atom stereocenters. The normalized spacial score (nSPS) is 43.6. The van der Waals surface area contributed by atoms with Crippen molar-refractivity contribution in [1.29, 1.82) is 0 Å². The van der Waals surface area contributed by atoms with Gasteiger partial charge >= 0.3 is 0 Å². The van der Waals surface area contributed by atoms with Crippen LogP contribution in [0.25, 0.3) is 0 Å². The predicted molar refractivity (Wildman–Crippen MR) is 44.5 cm³/mol. The second-order valence-corrected chi connectivity index (χ2v) is 3.02. The van der Waals surface area contributed by atoms with Gasteiger partial charge in [0.15, 0.2) is 12.6 Å². The molecule has 0 aromatic carbocycles. The monoisotopic (exact) mass is 206 g/mol. The molecule has 82 valence electrons. The number of rotatable bonds is 3. The highest BCUT2D eigenvalue weighted by atomic mass is 16.7. The minimum absolute atomic E-state index is 0.509. The maximum Gasteiger partial charge on any atom is 0.186 e. The average Bonchev–Trinajstić information content (AvgIpc) is 2.21. The van der Waals surface area contributed by atoms with Gasteiger partial charge in [-0.05, 0) is 0 Å². The van der Waals surface area contributed by atoms with Gasteiger partial charge in [-0.25, -0.2) is 0 Å². The van der Waals surface area contributed by atoms with Gasteiger partial charge in [0.05, 0.1) is 0 Å². The van der Waals surface area contributed by atoms with Gasteiger partial charge in [-0.1, -0.05) is 0 Å². The lowest BCUT2D eigenvalue weighted by atomic mass is 9.99. The van der Waals surface area contributed by atoms with Crippen LogP contribution in [0.3, 0.4) is 0 Å². The molecule has 6 nitrogen and oxygen atoms in total. The fourth-order valence-corrected chi connectivity index (χ4v) is 1.44. The van der Waals surface area contributed by atoms with Crippen molar-refractivity contribution in [2.24, 2.45) is 0 Å². The minimum atomic E-state index is -1.22. The summed E-state index contributed by atoms with van der Waals surface area (Å²) in [6.07, 6.45) is -4.71. The summed E-state index contributed by atoms with van der Waals surface area (Å²) in [6, 6.07) is 0. The van der Waals surface area contributed by atoms with Crippen LogP contribution in [0.4, 0.5) is 0 Å². The van der Waals surface area contributed by atoms with E-state index in [0.717, 1.165) is 0 Å². The number of ether oxygens (including phenoxy) is 3. The summed E-state index contributed by atoms with van der Waals surface area (Å²) in [5.74, 6) is 0. The van der Waals surface area contributed by atoms with E-state index in [0.29, 0.717) is 6.29 Å². The van der Waals surface area contributed by atoms with Crippen molar-refractivity contribution in [3.63, 3.8) is 0 Å². The zero-order valence-corrected chi connectivity index (χ0v) is 7.99. The number of aliphatic hydroxyl groups is 2. The summed E-state index contributed by atoms with van der Waals surface area (Å²) < 4.78 is 14.6. The summed E-state index contributed by atoms with van der Waals surface area (Å²) in [4.78, 5) is 10.6. The van der Waals surface area contributed by atoms with Crippen molar-refractivity contribution < 1.29 is 29.2 Å². The van der Waals surface area contributed by atoms with Crippen LogP contribution >= 0.6 is 0 Å². The Kier molecular flexibility index (Phi) is 3.97. The second kappa shape index (κ2) is 4.81. The zero-order chi connectivity index (χ0) is 10.7. The molecular weight excluding hydrogens is 192 g/mol. The molecule has 1 heterocycles. The van der Waals surface area contributed by atoms with E-state index in [1.54, 1.807) is 0 Å². The van der Waals surface area contributed by atoms with E-state index in [9.17, 15) is 15.0 Å². The smallest absolute Gasteiger partial charge is 0.186 e. The lowest BCUT2D eigenvalue weighted by Gasteiger charge is -2.39. The van der Waals surface area contributed by atoms with Gasteiger partial charge in [0.25, 0.3) is 0 Å². The maximum absolute atomic E-state index is 10.6. The Hall–Kier alpha value is -0.530. The molecular formula is C8H14O6. The van der Waals surface area contributed by atoms with Crippen molar-refractivity contribution >= 4 is 6.29 Å². The number of hydrogen-bond donors (Lipinski definition) is 2. The van der Waals surface area contributed by atoms with Crippen LogP contribution in [0.15, 0.2) is 0 Å². The standard InChI is InChI=1S/C8H14O6/c1-12-7-4(3-9)14-8(13-2)6(11)5(7)10/h3-8,10-11H,1-2H3/t4?,5?,6-,7+,8+/m0/s1. The number of carbonyl (C=O) groups is 1. The molecule has 0 aliphatic carbocycles. The van der Waals surface area contributed by atoms with Gasteiger partial charge in [0.2, 0.25) is 0 Å². The van der Waals surface area contributed by atoms with Crippen LogP contribution in [0.2, 0.25) is 0 Å². The number of aliphatic hydroxyl groups excluding tert-OH is 2. The largest absolute Gasteiger partial charge is 0.387 e. The lowest BCUT2D eigenvalue weighted by molar-refractivity contribution is -0.284. The molecule has 0 aromatic rings. The Balaban J connectivity index is 2.76. The molecule has 0 bridgehead atoms. The minimum Gasteiger partial charge on any atom is -0.387 e. The third kappa shape index (κ3) is 1.94. The van der Waals surface area contributed by atoms with Crippen LogP contribution < -0.4 is 0 Å². The molecule has 0 spiro atoms. The molecule has 2 N–H and O–H groups in total. The van der Waals surface area contributed by atoms with Crippen LogP contribution in [0.1, 0.15) is 0 Å². The quantitative estimate of drug-likeness (QED) is 0.535. The summed E-state index contributed by atoms with van der Waals surface area (Å²) in [7, 11) is 2.64. The van der Waals surface area contributed by atoms with Crippen LogP contribution in [-0.2, 0) is 19.0 Å². The van der Waals surface area contributed by atoms with E-state index in [2.05, 4.69) is 0 Å². The summed E-state index contributed by atoms with van der Waals surface area (Å²) in [6.45, 7) is 0. The SMILES string of the molecule is CO[C@@H]1C(C=O)O[C@@H](OC)[C@@H](O)C1O. The molecule has 1 rings (SSSR count). The van der Waals surface area contributed by atoms with Crippen molar-refractivity contribution in [1.82, 2.24) is 0 Å². The fraction of sp³-hybridized carbons (Fsp3) is 0.875. The molecule has 6 heteroatoms. The Labute approximate surface area is 81.4 Å². The Morgan fingerprint density at radius 3 is 2.29 bits per heavy atom. The number of methoxy groups -OCH3 is 2. The fourth-order valence-electron chi connectivity index (χ4n) is 1.44. The van der Waals surface area contributed by atoms with Gasteiger partial charge in [-0.2, -0.15) is 0 Å². The first-order chi connectivity index (χ1) is 6.65. The van der Waals surface area contributed by atoms with Gasteiger partial charge in [0.1, 0.15) is 24.4 Å². The topological polar surface area (TPSA) is 85.2 Å². The van der Waals surface area contributed by atoms with E-state index in [1.165, 1.54) is 14.2 Å². The Morgan fingerprint density at radius 2 is 1.86 bits per heavy atom. The number of carbonyl (C=O) groups excluding carboxylic acids is 1. The zero-order valence-electron chi connectivity index (χ0n) is 7.99. The van der Waals surface area contributed by atoms with Crippen molar-refractivity contribution in [3.05, 3.63) is 0 Å². The summed E-state index contributed by atoms with van der Waals surface area (Å²) in [5, 5.41) is 19.0. The third-order valence-electron chi connectivity index (χ3n) is 2.22. The molecule has 1 aliphatic rings. The molecule has 1 aliphatic heterocycles. The van der Waals surface area contributed by atoms with Crippen molar-refractivity contribution in [2.45, 2.75) is 30.7 Å². The predicted octanol–water partition coefficient (Wildman–Crippen LogP) is -1.71. The Morgan fingerprint density at radius 1 is 1.21 bits per heavy atom. The highest BCUT2D eigenvalue weighted by Gasteiger charge is 2.44. The van der Waals surface area contributed by atoms with E-state index in [4.69, 9.17) is 14.2 Å². The third-order valence-corrected chi connectivity index (χ3v) is 2.22. The first-order valence-corrected chi connectivity index (χ1v) is 4.18. The van der Waals surface area contributed by atoms with E-state index in [-0.39, 0.29) is 0 Å². The molecule has 14 heavy (non-hydrogen) atoms. The van der Waals surface area contributed by atoms with Gasteiger partial charge < -0.3 is 29.2 Å². The molecule has 0 saturated carbocycles. The van der Waals surface area contributed by atoms with Gasteiger partial charge in [-0.15, -0.1) is 0 Å². The van der Waals surface area contributed by atoms with E-state index in [1.807, 2.05) is 0 Å². The summed E-state index contributed by atoms with van der Waals surface area (Å²) >= 11 is 0. The van der Waals surface area contributed by atoms with Crippen LogP contribution in [-0.4, -0.2) is 61.4 Å². The highest BCUT2D eigenvalue weighted by molar-refractivity contribution is 5.57. The summed E-state index contributed by atoms with van der Waals surface area (Å²) in [5.41, 5.74) is 0. The molecule has 1 saturated heterocycles. The van der Waals surface area contributed by atoms with Crippen molar-refractivity contribution in [3.8, 4) is 0 Å². The molecule has 1 fully saturated rings. The molecule has 0 amide bonds. The molecule has 2 unspecified atom stereocenters. The average molecular weight is 206 g/mol. The van der Waals surface area contributed by atoms with E-state index >= 15 is 0 Å². The molecule has 0 aromatic heterocycles. The second-order valence-electron chi connectivity index (χ2n) is 3.02. The van der Waals surface area contributed by atoms with Crippen LogP contribution in [0, 0.1) is 0 Å². The first-order valence-electron chi connectivity index (χ1n) is 4.18. The van der Waals surface area contributed by atoms with Crippen molar-refractivity contribution in [2.75, 3.05) is 14.2 Å². The number of aldehydes is 1. The van der Waals surface area contributed by atoms with Crippen LogP contribution in [0.5, 0.6) is 0 Å².